The minimum Gasteiger partial charge on any atom is -0.483 e. The lowest BCUT2D eigenvalue weighted by atomic mass is 9.69. The van der Waals surface area contributed by atoms with Crippen LogP contribution in [0.1, 0.15) is 36.8 Å². The number of nitrogens with zero attached hydrogens (tertiary/aromatic N) is 3. The van der Waals surface area contributed by atoms with Crippen LogP contribution in [0, 0.1) is 28.7 Å². The molecule has 1 saturated carbocycles. The van der Waals surface area contributed by atoms with E-state index < -0.39 is 5.60 Å². The molecule has 4 aliphatic rings. The highest BCUT2D eigenvalue weighted by molar-refractivity contribution is 6.06. The topological polar surface area (TPSA) is 78.4 Å². The maximum absolute atomic E-state index is 9.27. The number of benzene rings is 2. The fraction of sp³-hybridized carbons (Fsp3) is 0.348. The lowest BCUT2D eigenvalue weighted by Crippen LogP contribution is -2.60. The van der Waals surface area contributed by atoms with Crippen LogP contribution in [0.4, 0.5) is 0 Å². The van der Waals surface area contributed by atoms with Gasteiger partial charge in [-0.3, -0.25) is 0 Å². The largest absolute Gasteiger partial charge is 0.483 e. The summed E-state index contributed by atoms with van der Waals surface area (Å²) in [4.78, 5) is 4.16. The van der Waals surface area contributed by atoms with Crippen molar-refractivity contribution >= 4 is 5.71 Å². The first-order valence-electron chi connectivity index (χ1n) is 9.62. The zero-order chi connectivity index (χ0) is 19.1. The highest BCUT2D eigenvalue weighted by Gasteiger charge is 2.53. The van der Waals surface area contributed by atoms with Crippen LogP contribution in [0.5, 0.6) is 5.75 Å². The molecule has 28 heavy (non-hydrogen) atoms. The molecule has 2 saturated heterocycles. The Morgan fingerprint density at radius 3 is 2.68 bits per heavy atom. The van der Waals surface area contributed by atoms with E-state index in [1.807, 2.05) is 42.6 Å². The van der Waals surface area contributed by atoms with E-state index >= 15 is 0 Å². The highest BCUT2D eigenvalue weighted by Crippen LogP contribution is 2.48. The van der Waals surface area contributed by atoms with Crippen LogP contribution in [0.15, 0.2) is 47.5 Å². The predicted octanol–water partition coefficient (Wildman–Crippen LogP) is 4.22. The lowest BCUT2D eigenvalue weighted by Gasteiger charge is -2.52. The molecule has 3 fully saturated rings. The third-order valence-electron chi connectivity index (χ3n) is 6.17. The molecular weight excluding hydrogens is 350 g/mol. The van der Waals surface area contributed by atoms with Crippen molar-refractivity contribution < 1.29 is 9.47 Å². The van der Waals surface area contributed by atoms with Crippen LogP contribution >= 0.6 is 0 Å². The third kappa shape index (κ3) is 2.68. The molecule has 3 aliphatic heterocycles. The van der Waals surface area contributed by atoms with Crippen LogP contribution in [0.25, 0.3) is 11.1 Å². The third-order valence-corrected chi connectivity index (χ3v) is 6.17. The molecule has 1 spiro atoms. The van der Waals surface area contributed by atoms with Crippen molar-refractivity contribution in [2.75, 3.05) is 6.61 Å². The maximum atomic E-state index is 9.27. The minimum absolute atomic E-state index is 0.0570. The molecule has 138 valence electrons. The first-order valence-corrected chi connectivity index (χ1v) is 9.62. The zero-order valence-corrected chi connectivity index (χ0v) is 15.4. The Morgan fingerprint density at radius 1 is 1.07 bits per heavy atom. The summed E-state index contributed by atoms with van der Waals surface area (Å²) >= 11 is 0. The molecule has 0 N–H and O–H groups in total. The van der Waals surface area contributed by atoms with E-state index in [2.05, 4.69) is 11.1 Å². The summed E-state index contributed by atoms with van der Waals surface area (Å²) in [5.74, 6) is 1.28. The normalized spacial score (nSPS) is 29.0. The van der Waals surface area contributed by atoms with Gasteiger partial charge in [-0.05, 0) is 60.6 Å². The molecule has 2 bridgehead atoms. The summed E-state index contributed by atoms with van der Waals surface area (Å²) in [5.41, 5.74) is 3.76. The summed E-state index contributed by atoms with van der Waals surface area (Å²) in [6.07, 6.45) is 5.75. The van der Waals surface area contributed by atoms with Gasteiger partial charge in [-0.1, -0.05) is 18.2 Å². The average Bonchev–Trinajstić information content (AvgIpc) is 2.74. The molecule has 3 heterocycles. The highest BCUT2D eigenvalue weighted by atomic mass is 16.6. The first-order chi connectivity index (χ1) is 13.7. The average molecular weight is 369 g/mol. The van der Waals surface area contributed by atoms with Gasteiger partial charge in [0.05, 0.1) is 30.1 Å². The van der Waals surface area contributed by atoms with Gasteiger partial charge >= 0.3 is 0 Å². The Morgan fingerprint density at radius 2 is 1.96 bits per heavy atom. The van der Waals surface area contributed by atoms with Gasteiger partial charge in [0.2, 0.25) is 6.19 Å². The SMILES string of the molecule is N#C/N=C1\CC2(CC3CCC2OC3)Oc2ccc(-c3cccc(C#N)c3)cc21. The molecule has 0 aromatic heterocycles. The van der Waals surface area contributed by atoms with E-state index in [1.165, 1.54) is 6.42 Å². The minimum atomic E-state index is -0.411. The van der Waals surface area contributed by atoms with E-state index in [4.69, 9.17) is 14.7 Å². The molecule has 6 rings (SSSR count). The Bertz CT molecular complexity index is 1050. The van der Waals surface area contributed by atoms with Gasteiger partial charge in [0.1, 0.15) is 11.4 Å². The summed E-state index contributed by atoms with van der Waals surface area (Å²) in [6, 6.07) is 15.6. The van der Waals surface area contributed by atoms with Crippen LogP contribution in [0.2, 0.25) is 0 Å². The van der Waals surface area contributed by atoms with Gasteiger partial charge in [-0.15, -0.1) is 0 Å². The number of rotatable bonds is 1. The molecule has 3 unspecified atom stereocenters. The first kappa shape index (κ1) is 17.0. The Kier molecular flexibility index (Phi) is 3.93. The molecule has 0 amide bonds. The Hall–Kier alpha value is -3.15. The number of ether oxygens (including phenoxy) is 2. The summed E-state index contributed by atoms with van der Waals surface area (Å²) in [6.45, 7) is 0.807. The number of aliphatic imine (C=N–C) groups is 1. The molecule has 2 aromatic carbocycles. The van der Waals surface area contributed by atoms with Crippen LogP contribution in [-0.2, 0) is 4.74 Å². The predicted molar refractivity (Wildman–Crippen MR) is 104 cm³/mol. The summed E-state index contributed by atoms with van der Waals surface area (Å²) in [5, 5.41) is 18.4. The quantitative estimate of drug-likeness (QED) is 0.705. The van der Waals surface area contributed by atoms with Gasteiger partial charge < -0.3 is 9.47 Å². The van der Waals surface area contributed by atoms with E-state index in [1.54, 1.807) is 6.07 Å². The van der Waals surface area contributed by atoms with Crippen LogP contribution < -0.4 is 4.74 Å². The van der Waals surface area contributed by atoms with Gasteiger partial charge in [0.25, 0.3) is 0 Å². The monoisotopic (exact) mass is 369 g/mol. The van der Waals surface area contributed by atoms with Crippen molar-refractivity contribution in [1.29, 1.82) is 10.5 Å². The van der Waals surface area contributed by atoms with Gasteiger partial charge in [-0.2, -0.15) is 15.5 Å². The molecule has 2 aromatic rings. The molecule has 3 atom stereocenters. The van der Waals surface area contributed by atoms with Gasteiger partial charge in [-0.25, -0.2) is 0 Å². The molecule has 5 heteroatoms. The molecule has 5 nitrogen and oxygen atoms in total. The van der Waals surface area contributed by atoms with Crippen molar-refractivity contribution in [2.24, 2.45) is 10.9 Å². The molecular formula is C23H19N3O2. The van der Waals surface area contributed by atoms with Gasteiger partial charge in [0, 0.05) is 12.0 Å². The fourth-order valence-electron chi connectivity index (χ4n) is 4.88. The number of nitriles is 2. The smallest absolute Gasteiger partial charge is 0.205 e. The van der Waals surface area contributed by atoms with E-state index in [0.29, 0.717) is 17.9 Å². The van der Waals surface area contributed by atoms with Crippen molar-refractivity contribution in [3.8, 4) is 29.1 Å². The summed E-state index contributed by atoms with van der Waals surface area (Å²) < 4.78 is 12.6. The second kappa shape index (κ2) is 6.48. The zero-order valence-electron chi connectivity index (χ0n) is 15.4. The van der Waals surface area contributed by atoms with Crippen LogP contribution in [-0.4, -0.2) is 24.0 Å². The van der Waals surface area contributed by atoms with Gasteiger partial charge in [0.15, 0.2) is 0 Å². The van der Waals surface area contributed by atoms with Crippen molar-refractivity contribution in [3.63, 3.8) is 0 Å². The molecule has 1 aliphatic carbocycles. The molecule has 0 radical (unpaired) electrons. The van der Waals surface area contributed by atoms with E-state index in [-0.39, 0.29) is 6.10 Å². The van der Waals surface area contributed by atoms with Crippen molar-refractivity contribution in [2.45, 2.75) is 37.4 Å². The Balaban J connectivity index is 1.57. The van der Waals surface area contributed by atoms with Crippen molar-refractivity contribution in [3.05, 3.63) is 53.6 Å². The Labute approximate surface area is 163 Å². The number of fused-ring (bicyclic) bond motifs is 3. The fourth-order valence-corrected chi connectivity index (χ4v) is 4.88. The van der Waals surface area contributed by atoms with E-state index in [9.17, 15) is 5.26 Å². The maximum Gasteiger partial charge on any atom is 0.205 e. The number of hydrogen-bond acceptors (Lipinski definition) is 5. The number of hydrogen-bond donors (Lipinski definition) is 0. The second-order valence-electron chi connectivity index (χ2n) is 7.88. The summed E-state index contributed by atoms with van der Waals surface area (Å²) in [7, 11) is 0. The van der Waals surface area contributed by atoms with Crippen LogP contribution in [0.3, 0.4) is 0 Å². The lowest BCUT2D eigenvalue weighted by molar-refractivity contribution is -0.180. The second-order valence-corrected chi connectivity index (χ2v) is 7.88. The standard InChI is InChI=1S/C23H19N3O2/c24-12-15-2-1-3-17(8-15)18-5-6-21-19(9-18)20(26-14-25)11-23(28-21)10-16-4-7-22(23)27-13-16/h1-3,5-6,8-9,16,22H,4,7,10-11,13H2/b26-20+. The van der Waals surface area contributed by atoms with E-state index in [0.717, 1.165) is 47.6 Å². The van der Waals surface area contributed by atoms with Crippen molar-refractivity contribution in [1.82, 2.24) is 0 Å².